The first-order chi connectivity index (χ1) is 14.4. The highest BCUT2D eigenvalue weighted by Crippen LogP contribution is 2.45. The predicted octanol–water partition coefficient (Wildman–Crippen LogP) is 3.21. The molecule has 158 valence electrons. The summed E-state index contributed by atoms with van der Waals surface area (Å²) in [5, 5.41) is 3.10. The zero-order valence-corrected chi connectivity index (χ0v) is 17.9. The molecule has 1 aliphatic heterocycles. The second kappa shape index (κ2) is 8.10. The van der Waals surface area contributed by atoms with E-state index in [9.17, 15) is 14.4 Å². The molecule has 0 radical (unpaired) electrons. The molecule has 1 fully saturated rings. The molecule has 0 spiro atoms. The highest BCUT2D eigenvalue weighted by atomic mass is 32.1. The summed E-state index contributed by atoms with van der Waals surface area (Å²) in [6.07, 6.45) is 3.42. The largest absolute Gasteiger partial charge is 0.462 e. The number of esters is 1. The maximum Gasteiger partial charge on any atom is 0.341 e. The van der Waals surface area contributed by atoms with E-state index in [1.165, 1.54) is 24.0 Å². The molecule has 2 aromatic rings. The van der Waals surface area contributed by atoms with Crippen LogP contribution in [0.5, 0.6) is 0 Å². The van der Waals surface area contributed by atoms with E-state index in [0.717, 1.165) is 30.0 Å². The van der Waals surface area contributed by atoms with Gasteiger partial charge in [0, 0.05) is 12.2 Å². The van der Waals surface area contributed by atoms with E-state index in [0.29, 0.717) is 16.5 Å². The number of primary amides is 1. The summed E-state index contributed by atoms with van der Waals surface area (Å²) in [6, 6.07) is 6.32. The lowest BCUT2D eigenvalue weighted by Gasteiger charge is -2.19. The molecule has 2 heterocycles. The number of thiophene rings is 1. The number of fused-ring (bicyclic) bond motifs is 1. The van der Waals surface area contributed by atoms with Gasteiger partial charge >= 0.3 is 5.97 Å². The number of amides is 2. The Bertz CT molecular complexity index is 1030. The van der Waals surface area contributed by atoms with Crippen molar-refractivity contribution in [3.63, 3.8) is 0 Å². The summed E-state index contributed by atoms with van der Waals surface area (Å²) in [6.45, 7) is 4.49. The molecule has 1 aromatic heterocycles. The third-order valence-corrected chi connectivity index (χ3v) is 6.84. The number of hydrogen-bond acceptors (Lipinski definition) is 6. The van der Waals surface area contributed by atoms with Crippen molar-refractivity contribution >= 4 is 39.8 Å². The molecule has 1 saturated carbocycles. The highest BCUT2D eigenvalue weighted by molar-refractivity contribution is 7.18. The molecule has 0 atom stereocenters. The molecule has 0 unspecified atom stereocenters. The molecule has 2 amide bonds. The van der Waals surface area contributed by atoms with Gasteiger partial charge in [-0.2, -0.15) is 0 Å². The number of nitrogens with one attached hydrogen (secondary N) is 1. The number of carbonyl (C=O) groups excluding carboxylic acids is 3. The van der Waals surface area contributed by atoms with Crippen molar-refractivity contribution in [1.29, 1.82) is 0 Å². The van der Waals surface area contributed by atoms with Gasteiger partial charge in [0.2, 0.25) is 5.91 Å². The first-order valence-electron chi connectivity index (χ1n) is 10.2. The van der Waals surface area contributed by atoms with Gasteiger partial charge in [0.05, 0.1) is 23.6 Å². The van der Waals surface area contributed by atoms with E-state index in [2.05, 4.69) is 28.4 Å². The Morgan fingerprint density at radius 3 is 2.73 bits per heavy atom. The summed E-state index contributed by atoms with van der Waals surface area (Å²) in [5.74, 6) is -0.788. The predicted molar refractivity (Wildman–Crippen MR) is 116 cm³/mol. The van der Waals surface area contributed by atoms with Gasteiger partial charge in [-0.05, 0) is 61.8 Å². The molecule has 3 N–H and O–H groups in total. The molecule has 30 heavy (non-hydrogen) atoms. The number of carbonyl (C=O) groups is 3. The van der Waals surface area contributed by atoms with Gasteiger partial charge in [-0.1, -0.05) is 12.1 Å². The molecule has 0 bridgehead atoms. The molecule has 7 nitrogen and oxygen atoms in total. The van der Waals surface area contributed by atoms with E-state index in [1.807, 2.05) is 0 Å². The highest BCUT2D eigenvalue weighted by Gasteiger charge is 2.31. The molecule has 8 heteroatoms. The fourth-order valence-corrected chi connectivity index (χ4v) is 5.16. The normalized spacial score (nSPS) is 15.1. The maximum atomic E-state index is 12.8. The van der Waals surface area contributed by atoms with Crippen LogP contribution in [0, 0.1) is 6.92 Å². The van der Waals surface area contributed by atoms with Gasteiger partial charge in [-0.25, -0.2) is 4.79 Å². The van der Waals surface area contributed by atoms with Crippen LogP contribution >= 0.6 is 11.3 Å². The number of anilines is 2. The van der Waals surface area contributed by atoms with Gasteiger partial charge in [-0.3, -0.25) is 9.59 Å². The average Bonchev–Trinajstić information content (AvgIpc) is 3.39. The SMILES string of the molecule is CCOC(=O)c1c(NC(=O)CN2CCc3c(C4CC4)cccc32)sc(C(N)=O)c1C. The number of ether oxygens (including phenoxy) is 1. The molecule has 1 aromatic carbocycles. The maximum absolute atomic E-state index is 12.8. The third kappa shape index (κ3) is 3.79. The van der Waals surface area contributed by atoms with Crippen LogP contribution in [0.3, 0.4) is 0 Å². The molecular formula is C22H25N3O4S. The zero-order valence-electron chi connectivity index (χ0n) is 17.1. The van der Waals surface area contributed by atoms with Gasteiger partial charge in [0.1, 0.15) is 5.00 Å². The van der Waals surface area contributed by atoms with Gasteiger partial charge in [0.25, 0.3) is 5.91 Å². The lowest BCUT2D eigenvalue weighted by atomic mass is 10.0. The Morgan fingerprint density at radius 2 is 2.07 bits per heavy atom. The van der Waals surface area contributed by atoms with Gasteiger partial charge in [0.15, 0.2) is 0 Å². The van der Waals surface area contributed by atoms with Gasteiger partial charge < -0.3 is 20.7 Å². The van der Waals surface area contributed by atoms with Crippen LogP contribution < -0.4 is 16.0 Å². The zero-order chi connectivity index (χ0) is 21.4. The third-order valence-electron chi connectivity index (χ3n) is 5.61. The van der Waals surface area contributed by atoms with Crippen LogP contribution in [0.2, 0.25) is 0 Å². The van der Waals surface area contributed by atoms with E-state index < -0.39 is 11.9 Å². The van der Waals surface area contributed by atoms with E-state index >= 15 is 0 Å². The number of hydrogen-bond donors (Lipinski definition) is 2. The van der Waals surface area contributed by atoms with Crippen LogP contribution in [0.15, 0.2) is 18.2 Å². The minimum absolute atomic E-state index is 0.173. The summed E-state index contributed by atoms with van der Waals surface area (Å²) >= 11 is 1.01. The van der Waals surface area contributed by atoms with Crippen molar-refractivity contribution in [2.24, 2.45) is 5.73 Å². The molecule has 4 rings (SSSR count). The standard InChI is InChI=1S/C22H25N3O4S/c1-3-29-22(28)18-12(2)19(20(23)27)30-21(18)24-17(26)11-25-10-9-15-14(13-7-8-13)5-4-6-16(15)25/h4-6,13H,3,7-11H2,1-2H3,(H2,23,27)(H,24,26). The first-order valence-corrected chi connectivity index (χ1v) is 11.0. The van der Waals surface area contributed by atoms with E-state index in [-0.39, 0.29) is 29.5 Å². The Kier molecular flexibility index (Phi) is 5.51. The summed E-state index contributed by atoms with van der Waals surface area (Å²) < 4.78 is 5.10. The van der Waals surface area contributed by atoms with E-state index in [1.54, 1.807) is 13.8 Å². The average molecular weight is 428 g/mol. The van der Waals surface area contributed by atoms with Crippen LogP contribution in [0.4, 0.5) is 10.7 Å². The quantitative estimate of drug-likeness (QED) is 0.661. The van der Waals surface area contributed by atoms with Crippen LogP contribution in [-0.2, 0) is 16.0 Å². The smallest absolute Gasteiger partial charge is 0.341 e. The number of nitrogens with zero attached hydrogens (tertiary/aromatic N) is 1. The Balaban J connectivity index is 1.53. The second-order valence-electron chi connectivity index (χ2n) is 7.68. The van der Waals surface area contributed by atoms with Crippen molar-refractivity contribution < 1.29 is 19.1 Å². The fourth-order valence-electron chi connectivity index (χ4n) is 4.09. The van der Waals surface area contributed by atoms with Crippen LogP contribution in [-0.4, -0.2) is 37.5 Å². The van der Waals surface area contributed by atoms with Crippen molar-refractivity contribution in [3.05, 3.63) is 45.3 Å². The molecule has 0 saturated heterocycles. The minimum atomic E-state index is -0.635. The lowest BCUT2D eigenvalue weighted by Crippen LogP contribution is -2.32. The number of benzene rings is 1. The molecular weight excluding hydrogens is 402 g/mol. The summed E-state index contributed by atoms with van der Waals surface area (Å²) in [7, 11) is 0. The van der Waals surface area contributed by atoms with Crippen molar-refractivity contribution in [1.82, 2.24) is 0 Å². The monoisotopic (exact) mass is 427 g/mol. The number of nitrogens with two attached hydrogens (primary N) is 1. The fraction of sp³-hybridized carbons (Fsp3) is 0.409. The molecule has 2 aliphatic rings. The second-order valence-corrected chi connectivity index (χ2v) is 8.70. The summed E-state index contributed by atoms with van der Waals surface area (Å²) in [5.41, 5.74) is 9.94. The topological polar surface area (TPSA) is 102 Å². The number of rotatable bonds is 7. The first kappa shape index (κ1) is 20.4. The van der Waals surface area contributed by atoms with Gasteiger partial charge in [-0.15, -0.1) is 11.3 Å². The van der Waals surface area contributed by atoms with Crippen molar-refractivity contribution in [2.75, 3.05) is 29.9 Å². The van der Waals surface area contributed by atoms with Crippen molar-refractivity contribution in [3.8, 4) is 0 Å². The van der Waals surface area contributed by atoms with Crippen LogP contribution in [0.1, 0.15) is 62.4 Å². The summed E-state index contributed by atoms with van der Waals surface area (Å²) in [4.78, 5) is 39.2. The van der Waals surface area contributed by atoms with Crippen molar-refractivity contribution in [2.45, 2.75) is 39.0 Å². The minimum Gasteiger partial charge on any atom is -0.462 e. The Labute approximate surface area is 179 Å². The van der Waals surface area contributed by atoms with E-state index in [4.69, 9.17) is 10.5 Å². The van der Waals surface area contributed by atoms with Crippen LogP contribution in [0.25, 0.3) is 0 Å². The Hall–Kier alpha value is -2.87. The molecule has 1 aliphatic carbocycles. The Morgan fingerprint density at radius 1 is 1.30 bits per heavy atom. The lowest BCUT2D eigenvalue weighted by molar-refractivity contribution is -0.114.